The number of esters is 3. The zero-order valence-corrected chi connectivity index (χ0v) is 51.0. The van der Waals surface area contributed by atoms with Crippen LogP contribution in [0.5, 0.6) is 0 Å². The van der Waals surface area contributed by atoms with Gasteiger partial charge in [-0.05, 0) is 96.3 Å². The summed E-state index contributed by atoms with van der Waals surface area (Å²) in [6.07, 6.45) is 86.0. The molecule has 0 aliphatic heterocycles. The predicted molar refractivity (Wildman–Crippen MR) is 334 cm³/mol. The molecule has 6 nitrogen and oxygen atoms in total. The highest BCUT2D eigenvalue weighted by atomic mass is 16.6. The van der Waals surface area contributed by atoms with Gasteiger partial charge in [-0.2, -0.15) is 0 Å². The standard InChI is InChI=1S/C71H124O6/c1-4-7-10-13-16-19-22-25-28-30-31-32-33-34-35-36-37-38-39-41-43-46-49-52-55-58-61-64-70(73)76-67-68(66-75-69(72)63-60-57-54-51-48-45-42-27-24-21-18-15-12-9-6-3)77-71(74)65-62-59-56-53-50-47-44-40-29-26-23-20-17-14-11-8-5-2/h9,12,18,21-22,25,27,30-31,33-34,42,48,51,68H,4-8,10-11,13-17,19-20,23-24,26,28-29,32,35-41,43-47,49-50,52-67H2,1-3H3/b12-9-,21-18-,25-22-,31-30-,34-33-,42-27-,51-48-. The second kappa shape index (κ2) is 65.1. The fourth-order valence-electron chi connectivity index (χ4n) is 9.44. The van der Waals surface area contributed by atoms with Crippen molar-refractivity contribution in [3.8, 4) is 0 Å². The van der Waals surface area contributed by atoms with Crippen LogP contribution in [-0.2, 0) is 28.6 Å². The van der Waals surface area contributed by atoms with E-state index >= 15 is 0 Å². The molecule has 0 saturated heterocycles. The average molecular weight is 1070 g/mol. The highest BCUT2D eigenvalue weighted by molar-refractivity contribution is 5.71. The van der Waals surface area contributed by atoms with E-state index in [1.54, 1.807) is 0 Å². The summed E-state index contributed by atoms with van der Waals surface area (Å²) in [5.74, 6) is -0.917. The Morgan fingerprint density at radius 1 is 0.273 bits per heavy atom. The van der Waals surface area contributed by atoms with Crippen molar-refractivity contribution in [1.29, 1.82) is 0 Å². The highest BCUT2D eigenvalue weighted by Crippen LogP contribution is 2.17. The Bertz CT molecular complexity index is 1470. The summed E-state index contributed by atoms with van der Waals surface area (Å²) in [6.45, 7) is 6.52. The Hall–Kier alpha value is -3.41. The van der Waals surface area contributed by atoms with E-state index in [-0.39, 0.29) is 31.1 Å². The van der Waals surface area contributed by atoms with Crippen molar-refractivity contribution in [1.82, 2.24) is 0 Å². The molecule has 0 rings (SSSR count). The first-order valence-corrected chi connectivity index (χ1v) is 33.1. The van der Waals surface area contributed by atoms with Gasteiger partial charge in [0.1, 0.15) is 13.2 Å². The van der Waals surface area contributed by atoms with Gasteiger partial charge in [0.25, 0.3) is 0 Å². The highest BCUT2D eigenvalue weighted by Gasteiger charge is 2.19. The molecule has 77 heavy (non-hydrogen) atoms. The predicted octanol–water partition coefficient (Wildman–Crippen LogP) is 22.7. The van der Waals surface area contributed by atoms with Gasteiger partial charge in [0.15, 0.2) is 6.10 Å². The van der Waals surface area contributed by atoms with Gasteiger partial charge < -0.3 is 14.2 Å². The van der Waals surface area contributed by atoms with E-state index in [9.17, 15) is 14.4 Å². The van der Waals surface area contributed by atoms with Gasteiger partial charge in [0.05, 0.1) is 0 Å². The van der Waals surface area contributed by atoms with Gasteiger partial charge in [0, 0.05) is 19.3 Å². The Labute approximate surface area is 477 Å². The van der Waals surface area contributed by atoms with E-state index < -0.39 is 6.10 Å². The van der Waals surface area contributed by atoms with Crippen molar-refractivity contribution in [2.45, 2.75) is 335 Å². The summed E-state index contributed by atoms with van der Waals surface area (Å²) in [7, 11) is 0. The van der Waals surface area contributed by atoms with Crippen LogP contribution < -0.4 is 0 Å². The average Bonchev–Trinajstić information content (AvgIpc) is 3.43. The van der Waals surface area contributed by atoms with Crippen LogP contribution in [0.4, 0.5) is 0 Å². The van der Waals surface area contributed by atoms with Gasteiger partial charge in [-0.15, -0.1) is 0 Å². The van der Waals surface area contributed by atoms with E-state index in [1.165, 1.54) is 193 Å². The number of hydrogen-bond acceptors (Lipinski definition) is 6. The van der Waals surface area contributed by atoms with Crippen molar-refractivity contribution < 1.29 is 28.6 Å². The Morgan fingerprint density at radius 3 is 0.818 bits per heavy atom. The zero-order valence-electron chi connectivity index (χ0n) is 51.0. The fraction of sp³-hybridized carbons (Fsp3) is 0.761. The van der Waals surface area contributed by atoms with Crippen LogP contribution in [0, 0.1) is 0 Å². The molecule has 1 unspecified atom stereocenters. The number of ether oxygens (including phenoxy) is 3. The van der Waals surface area contributed by atoms with Crippen LogP contribution in [0.25, 0.3) is 0 Å². The van der Waals surface area contributed by atoms with E-state index in [2.05, 4.69) is 106 Å². The summed E-state index contributed by atoms with van der Waals surface area (Å²) in [6, 6.07) is 0. The molecule has 0 heterocycles. The second-order valence-electron chi connectivity index (χ2n) is 22.0. The molecular formula is C71H124O6. The maximum Gasteiger partial charge on any atom is 0.306 e. The smallest absolute Gasteiger partial charge is 0.306 e. The van der Waals surface area contributed by atoms with Gasteiger partial charge in [-0.3, -0.25) is 14.4 Å². The third-order valence-electron chi connectivity index (χ3n) is 14.4. The topological polar surface area (TPSA) is 78.9 Å². The molecule has 0 aromatic heterocycles. The Morgan fingerprint density at radius 2 is 0.506 bits per heavy atom. The zero-order chi connectivity index (χ0) is 55.7. The van der Waals surface area contributed by atoms with Crippen molar-refractivity contribution in [3.05, 3.63) is 85.1 Å². The molecule has 0 spiro atoms. The molecule has 0 amide bonds. The molecule has 444 valence electrons. The lowest BCUT2D eigenvalue weighted by Crippen LogP contribution is -2.30. The van der Waals surface area contributed by atoms with Gasteiger partial charge >= 0.3 is 17.9 Å². The molecular weight excluding hydrogens is 949 g/mol. The lowest BCUT2D eigenvalue weighted by atomic mass is 10.0. The minimum Gasteiger partial charge on any atom is -0.462 e. The Balaban J connectivity index is 4.32. The van der Waals surface area contributed by atoms with Crippen LogP contribution in [0.15, 0.2) is 85.1 Å². The second-order valence-corrected chi connectivity index (χ2v) is 22.0. The van der Waals surface area contributed by atoms with Crippen molar-refractivity contribution in [3.63, 3.8) is 0 Å². The molecule has 6 heteroatoms. The number of allylic oxidation sites excluding steroid dienone is 14. The van der Waals surface area contributed by atoms with E-state index in [0.717, 1.165) is 96.3 Å². The fourth-order valence-corrected chi connectivity index (χ4v) is 9.44. The molecule has 1 atom stereocenters. The molecule has 0 N–H and O–H groups in total. The van der Waals surface area contributed by atoms with Crippen LogP contribution in [0.1, 0.15) is 329 Å². The Kier molecular flexibility index (Phi) is 62.2. The first-order chi connectivity index (χ1) is 38.0. The van der Waals surface area contributed by atoms with Gasteiger partial charge in [-0.25, -0.2) is 0 Å². The van der Waals surface area contributed by atoms with Crippen molar-refractivity contribution in [2.75, 3.05) is 13.2 Å². The molecule has 0 fully saturated rings. The van der Waals surface area contributed by atoms with Gasteiger partial charge in [-0.1, -0.05) is 298 Å². The van der Waals surface area contributed by atoms with Crippen molar-refractivity contribution >= 4 is 17.9 Å². The largest absolute Gasteiger partial charge is 0.462 e. The van der Waals surface area contributed by atoms with Crippen molar-refractivity contribution in [2.24, 2.45) is 0 Å². The van der Waals surface area contributed by atoms with Crippen LogP contribution in [0.3, 0.4) is 0 Å². The third kappa shape index (κ3) is 63.3. The summed E-state index contributed by atoms with van der Waals surface area (Å²) in [4.78, 5) is 38.3. The maximum absolute atomic E-state index is 12.9. The number of carbonyl (C=O) groups is 3. The van der Waals surface area contributed by atoms with Crippen LogP contribution in [0.2, 0.25) is 0 Å². The SMILES string of the molecule is CC/C=C\C/C=C\C/C=C\C/C=C\CCCCC(=O)OCC(COC(=O)CCCCCCCCCCCCCC/C=C\C/C=C\C/C=C\CCCCCCC)OC(=O)CCCCCCCCCCCCCCCCCCC. The van der Waals surface area contributed by atoms with Crippen LogP contribution >= 0.6 is 0 Å². The molecule has 0 saturated carbocycles. The number of carbonyl (C=O) groups excluding carboxylic acids is 3. The lowest BCUT2D eigenvalue weighted by molar-refractivity contribution is -0.167. The van der Waals surface area contributed by atoms with E-state index in [4.69, 9.17) is 14.2 Å². The molecule has 0 aliphatic carbocycles. The summed E-state index contributed by atoms with van der Waals surface area (Å²) in [5.41, 5.74) is 0. The first-order valence-electron chi connectivity index (χ1n) is 33.1. The van der Waals surface area contributed by atoms with Gasteiger partial charge in [0.2, 0.25) is 0 Å². The van der Waals surface area contributed by atoms with E-state index in [0.29, 0.717) is 19.3 Å². The monoisotopic (exact) mass is 1070 g/mol. The molecule has 0 aliphatic rings. The quantitative estimate of drug-likeness (QED) is 0.0261. The number of rotatable bonds is 60. The van der Waals surface area contributed by atoms with E-state index in [1.807, 2.05) is 0 Å². The molecule has 0 aromatic rings. The normalized spacial score (nSPS) is 12.6. The molecule has 0 aromatic carbocycles. The molecule has 0 radical (unpaired) electrons. The summed E-state index contributed by atoms with van der Waals surface area (Å²) in [5, 5.41) is 0. The maximum atomic E-state index is 12.9. The summed E-state index contributed by atoms with van der Waals surface area (Å²) < 4.78 is 16.9. The third-order valence-corrected chi connectivity index (χ3v) is 14.4. The lowest BCUT2D eigenvalue weighted by Gasteiger charge is -2.18. The minimum atomic E-state index is -0.794. The summed E-state index contributed by atoms with van der Waals surface area (Å²) >= 11 is 0. The number of unbranched alkanes of at least 4 members (excludes halogenated alkanes) is 35. The number of hydrogen-bond donors (Lipinski definition) is 0. The molecule has 0 bridgehead atoms. The van der Waals surface area contributed by atoms with Crippen LogP contribution in [-0.4, -0.2) is 37.2 Å². The minimum absolute atomic E-state index is 0.0879. The first kappa shape index (κ1) is 73.6.